The van der Waals surface area contributed by atoms with E-state index in [2.05, 4.69) is 10.6 Å². The second kappa shape index (κ2) is 10.5. The molecule has 1 heterocycles. The Labute approximate surface area is 233 Å². The summed E-state index contributed by atoms with van der Waals surface area (Å²) in [5.41, 5.74) is 6.07. The van der Waals surface area contributed by atoms with E-state index in [4.69, 9.17) is 14.2 Å². The quantitative estimate of drug-likeness (QED) is 0.297. The molecule has 0 spiro atoms. The molecule has 4 aromatic carbocycles. The minimum absolute atomic E-state index is 0.267. The van der Waals surface area contributed by atoms with Crippen molar-refractivity contribution in [2.24, 2.45) is 0 Å². The Morgan fingerprint density at radius 2 is 1.32 bits per heavy atom. The van der Waals surface area contributed by atoms with Crippen LogP contribution < -0.4 is 29.1 Å². The number of ether oxygens (including phenoxy) is 3. The van der Waals surface area contributed by atoms with Crippen LogP contribution in [0.2, 0.25) is 0 Å². The maximum absolute atomic E-state index is 13.3. The second-order valence-electron chi connectivity index (χ2n) is 9.26. The summed E-state index contributed by atoms with van der Waals surface area (Å²) >= 11 is 0. The highest BCUT2D eigenvalue weighted by Gasteiger charge is 2.23. The first-order chi connectivity index (χ1) is 19.1. The average molecular weight is 560 g/mol. The number of fused-ring (bicyclic) bond motifs is 2. The number of hydrogen-bond donors (Lipinski definition) is 2. The number of carbonyl (C=O) groups excluding carboxylic acids is 1. The van der Waals surface area contributed by atoms with Gasteiger partial charge in [0.1, 0.15) is 0 Å². The third-order valence-electron chi connectivity index (χ3n) is 6.85. The Morgan fingerprint density at radius 1 is 0.675 bits per heavy atom. The van der Waals surface area contributed by atoms with E-state index >= 15 is 0 Å². The van der Waals surface area contributed by atoms with Gasteiger partial charge in [0, 0.05) is 12.6 Å². The number of methoxy groups -OCH3 is 3. The third kappa shape index (κ3) is 4.89. The van der Waals surface area contributed by atoms with Gasteiger partial charge in [-0.15, -0.1) is 0 Å². The lowest BCUT2D eigenvalue weighted by molar-refractivity contribution is 0.102. The maximum atomic E-state index is 13.3. The monoisotopic (exact) mass is 559 g/mol. The zero-order valence-electron chi connectivity index (χ0n) is 22.7. The maximum Gasteiger partial charge on any atom is 0.257 e. The van der Waals surface area contributed by atoms with E-state index in [-0.39, 0.29) is 5.91 Å². The van der Waals surface area contributed by atoms with Crippen molar-refractivity contribution in [3.63, 3.8) is 0 Å². The predicted octanol–water partition coefficient (Wildman–Crippen LogP) is 5.75. The topological polar surface area (TPSA) is 106 Å². The molecule has 0 saturated heterocycles. The summed E-state index contributed by atoms with van der Waals surface area (Å²) in [6, 6.07) is 22.0. The van der Waals surface area contributed by atoms with Gasteiger partial charge in [0.2, 0.25) is 15.8 Å². The second-order valence-corrected chi connectivity index (χ2v) is 11.3. The lowest BCUT2D eigenvalue weighted by Crippen LogP contribution is -2.25. The van der Waals surface area contributed by atoms with Crippen LogP contribution in [0.15, 0.2) is 72.8 Å². The number of nitrogens with one attached hydrogen (secondary N) is 2. The van der Waals surface area contributed by atoms with Crippen molar-refractivity contribution in [1.82, 2.24) is 0 Å². The van der Waals surface area contributed by atoms with Gasteiger partial charge >= 0.3 is 0 Å². The van der Waals surface area contributed by atoms with E-state index in [1.54, 1.807) is 39.5 Å². The van der Waals surface area contributed by atoms with E-state index < -0.39 is 10.0 Å². The molecule has 9 nitrogen and oxygen atoms in total. The average Bonchev–Trinajstić information content (AvgIpc) is 3.09. The molecule has 0 aliphatic carbocycles. The van der Waals surface area contributed by atoms with Crippen LogP contribution in [0.4, 0.5) is 22.7 Å². The summed E-state index contributed by atoms with van der Waals surface area (Å²) in [5.74, 6) is 1.27. The van der Waals surface area contributed by atoms with E-state index in [0.717, 1.165) is 28.5 Å². The Hall–Kier alpha value is -4.70. The number of anilines is 4. The molecular weight excluding hydrogens is 530 g/mol. The molecule has 5 rings (SSSR count). The van der Waals surface area contributed by atoms with Gasteiger partial charge in [0.15, 0.2) is 11.5 Å². The Bertz CT molecular complexity index is 1710. The number of para-hydroxylation sites is 1. The van der Waals surface area contributed by atoms with Crippen molar-refractivity contribution in [3.8, 4) is 39.5 Å². The molecule has 40 heavy (non-hydrogen) atoms. The summed E-state index contributed by atoms with van der Waals surface area (Å²) in [6.45, 7) is 0. The first-order valence-corrected chi connectivity index (χ1v) is 14.2. The molecule has 0 radical (unpaired) electrons. The molecule has 1 aliphatic rings. The van der Waals surface area contributed by atoms with E-state index in [1.807, 2.05) is 54.6 Å². The molecule has 1 amide bonds. The number of hydrogen-bond acceptors (Lipinski definition) is 7. The molecular formula is C30H29N3O6S. The van der Waals surface area contributed by atoms with Gasteiger partial charge in [-0.25, -0.2) is 8.42 Å². The fourth-order valence-electron chi connectivity index (χ4n) is 4.70. The Morgan fingerprint density at radius 3 is 1.98 bits per heavy atom. The molecule has 2 N–H and O–H groups in total. The highest BCUT2D eigenvalue weighted by Crippen LogP contribution is 2.43. The fraction of sp³-hybridized carbons (Fsp3) is 0.167. The molecule has 0 bridgehead atoms. The van der Waals surface area contributed by atoms with Gasteiger partial charge in [-0.3, -0.25) is 9.10 Å². The molecule has 206 valence electrons. The fourth-order valence-corrected chi connectivity index (χ4v) is 5.22. The zero-order valence-corrected chi connectivity index (χ0v) is 23.5. The van der Waals surface area contributed by atoms with Crippen molar-refractivity contribution < 1.29 is 27.4 Å². The van der Waals surface area contributed by atoms with Gasteiger partial charge in [-0.1, -0.05) is 30.3 Å². The first-order valence-electron chi connectivity index (χ1n) is 12.3. The third-order valence-corrected chi connectivity index (χ3v) is 8.04. The van der Waals surface area contributed by atoms with Crippen LogP contribution >= 0.6 is 0 Å². The molecule has 4 aromatic rings. The minimum Gasteiger partial charge on any atom is -0.493 e. The molecule has 0 saturated carbocycles. The van der Waals surface area contributed by atoms with Crippen LogP contribution in [-0.4, -0.2) is 49.0 Å². The van der Waals surface area contributed by atoms with Gasteiger partial charge in [-0.2, -0.15) is 0 Å². The summed E-state index contributed by atoms with van der Waals surface area (Å²) in [6.07, 6.45) is 1.16. The largest absolute Gasteiger partial charge is 0.493 e. The van der Waals surface area contributed by atoms with E-state index in [1.165, 1.54) is 11.4 Å². The van der Waals surface area contributed by atoms with E-state index in [0.29, 0.717) is 45.6 Å². The summed E-state index contributed by atoms with van der Waals surface area (Å²) in [4.78, 5) is 13.3. The number of amides is 1. The highest BCUT2D eigenvalue weighted by molar-refractivity contribution is 7.92. The van der Waals surface area contributed by atoms with Crippen LogP contribution in [0.5, 0.6) is 17.2 Å². The molecule has 0 unspecified atom stereocenters. The lowest BCUT2D eigenvalue weighted by atomic mass is 10.00. The normalized spacial score (nSPS) is 12.3. The molecule has 0 fully saturated rings. The molecule has 1 aliphatic heterocycles. The molecule has 0 aromatic heterocycles. The number of nitrogens with zero attached hydrogens (tertiary/aromatic N) is 1. The molecule has 0 atom stereocenters. The predicted molar refractivity (Wildman–Crippen MR) is 158 cm³/mol. The van der Waals surface area contributed by atoms with Crippen LogP contribution in [0.1, 0.15) is 10.4 Å². The lowest BCUT2D eigenvalue weighted by Gasteiger charge is -2.21. The number of benzene rings is 4. The highest BCUT2D eigenvalue weighted by atomic mass is 32.2. The van der Waals surface area contributed by atoms with Gasteiger partial charge in [0.25, 0.3) is 5.91 Å². The van der Waals surface area contributed by atoms with Gasteiger partial charge in [-0.05, 0) is 59.2 Å². The van der Waals surface area contributed by atoms with Gasteiger partial charge < -0.3 is 24.8 Å². The first kappa shape index (κ1) is 26.9. The van der Waals surface area contributed by atoms with Crippen molar-refractivity contribution in [3.05, 3.63) is 78.4 Å². The van der Waals surface area contributed by atoms with Crippen molar-refractivity contribution >= 4 is 38.7 Å². The number of carbonyl (C=O) groups is 1. The summed E-state index contributed by atoms with van der Waals surface area (Å²) in [7, 11) is 2.72. The SMILES string of the molecule is COc1cc(-c2ccc3c(c2)NC(=O)c2ccc(-c4ccccc4N(C)S(C)(=O)=O)cc2N3)cc(OC)c1OC. The van der Waals surface area contributed by atoms with Crippen LogP contribution in [0.3, 0.4) is 0 Å². The van der Waals surface area contributed by atoms with Gasteiger partial charge in [0.05, 0.1) is 55.9 Å². The standard InChI is InChI=1S/C30H29N3O6S/c1-33(40(5,35)36)26-9-7-6-8-21(26)19-10-12-22-24(15-19)31-23-13-11-18(14-25(23)32-30(22)34)20-16-27(37-2)29(39-4)28(17-20)38-3/h6-17,31H,1-5H3,(H,32,34). The van der Waals surface area contributed by atoms with Crippen molar-refractivity contribution in [1.29, 1.82) is 0 Å². The Kier molecular flexibility index (Phi) is 7.03. The van der Waals surface area contributed by atoms with Crippen molar-refractivity contribution in [2.45, 2.75) is 0 Å². The van der Waals surface area contributed by atoms with Crippen LogP contribution in [0.25, 0.3) is 22.3 Å². The number of sulfonamides is 1. The van der Waals surface area contributed by atoms with E-state index in [9.17, 15) is 13.2 Å². The van der Waals surface area contributed by atoms with Crippen LogP contribution in [-0.2, 0) is 10.0 Å². The Balaban J connectivity index is 1.55. The minimum atomic E-state index is -3.47. The zero-order chi connectivity index (χ0) is 28.6. The molecule has 10 heteroatoms. The summed E-state index contributed by atoms with van der Waals surface area (Å²) < 4.78 is 42.2. The smallest absolute Gasteiger partial charge is 0.257 e. The van der Waals surface area contributed by atoms with Crippen molar-refractivity contribution in [2.75, 3.05) is 49.6 Å². The number of rotatable bonds is 7. The van der Waals surface area contributed by atoms with Crippen LogP contribution in [0, 0.1) is 0 Å². The summed E-state index contributed by atoms with van der Waals surface area (Å²) in [5, 5.41) is 6.38.